The molecule has 9 nitrogen and oxygen atoms in total. The van der Waals surface area contributed by atoms with E-state index in [-0.39, 0.29) is 38.6 Å². The van der Waals surface area contributed by atoms with E-state index in [4.69, 9.17) is 24.3 Å². The van der Waals surface area contributed by atoms with Crippen LogP contribution in [-0.2, 0) is 32.7 Å². The number of phosphoric ester groups is 1. The van der Waals surface area contributed by atoms with E-state index in [1.165, 1.54) is 135 Å². The Kier molecular flexibility index (Phi) is 45.9. The van der Waals surface area contributed by atoms with E-state index in [2.05, 4.69) is 62.5 Å². The summed E-state index contributed by atoms with van der Waals surface area (Å²) in [6.07, 6.45) is 55.8. The van der Waals surface area contributed by atoms with Gasteiger partial charge in [-0.2, -0.15) is 0 Å². The van der Waals surface area contributed by atoms with Gasteiger partial charge in [0, 0.05) is 19.4 Å². The summed E-state index contributed by atoms with van der Waals surface area (Å²) in [6, 6.07) is 0. The topological polar surface area (TPSA) is 134 Å². The first-order valence-corrected chi connectivity index (χ1v) is 26.6. The van der Waals surface area contributed by atoms with E-state index in [1.54, 1.807) is 0 Å². The first-order valence-electron chi connectivity index (χ1n) is 25.1. The van der Waals surface area contributed by atoms with E-state index in [0.29, 0.717) is 6.42 Å². The number of hydrogen-bond donors (Lipinski definition) is 2. The van der Waals surface area contributed by atoms with Gasteiger partial charge in [-0.1, -0.05) is 197 Å². The third-order valence-electron chi connectivity index (χ3n) is 10.7. The van der Waals surface area contributed by atoms with Crippen LogP contribution in [0.5, 0.6) is 0 Å². The Labute approximate surface area is 375 Å². The normalized spacial score (nSPS) is 13.6. The fraction of sp³-hybridized carbons (Fsp3) is 0.804. The average molecular weight is 880 g/mol. The van der Waals surface area contributed by atoms with Gasteiger partial charge in [-0.05, 0) is 70.6 Å². The van der Waals surface area contributed by atoms with Crippen LogP contribution >= 0.6 is 7.82 Å². The zero-order valence-corrected chi connectivity index (χ0v) is 40.3. The van der Waals surface area contributed by atoms with Crippen LogP contribution in [-0.4, -0.2) is 49.3 Å². The van der Waals surface area contributed by atoms with Gasteiger partial charge in [0.15, 0.2) is 6.10 Å². The molecule has 0 aromatic carbocycles. The van der Waals surface area contributed by atoms with Gasteiger partial charge in [0.05, 0.1) is 13.2 Å². The fourth-order valence-electron chi connectivity index (χ4n) is 7.00. The van der Waals surface area contributed by atoms with Crippen molar-refractivity contribution in [1.82, 2.24) is 0 Å². The van der Waals surface area contributed by atoms with Gasteiger partial charge in [0.1, 0.15) is 6.61 Å². The minimum atomic E-state index is -4.38. The number of allylic oxidation sites excluding steroid dienone is 8. The van der Waals surface area contributed by atoms with Gasteiger partial charge in [-0.3, -0.25) is 18.6 Å². The summed E-state index contributed by atoms with van der Waals surface area (Å²) in [7, 11) is -4.38. The van der Waals surface area contributed by atoms with Gasteiger partial charge in [-0.25, -0.2) is 4.57 Å². The number of carbonyl (C=O) groups excluding carboxylic acids is 2. The van der Waals surface area contributed by atoms with Gasteiger partial charge in [-0.15, -0.1) is 0 Å². The van der Waals surface area contributed by atoms with Crippen LogP contribution in [0.4, 0.5) is 0 Å². The van der Waals surface area contributed by atoms with Gasteiger partial charge >= 0.3 is 19.8 Å². The van der Waals surface area contributed by atoms with Crippen molar-refractivity contribution in [2.45, 2.75) is 238 Å². The molecule has 0 heterocycles. The summed E-state index contributed by atoms with van der Waals surface area (Å²) < 4.78 is 32.9. The molecule has 3 N–H and O–H groups in total. The lowest BCUT2D eigenvalue weighted by atomic mass is 10.0. The summed E-state index contributed by atoms with van der Waals surface area (Å²) in [6.45, 7) is 3.63. The monoisotopic (exact) mass is 880 g/mol. The number of phosphoric acid groups is 1. The summed E-state index contributed by atoms with van der Waals surface area (Å²) >= 11 is 0. The summed E-state index contributed by atoms with van der Waals surface area (Å²) in [4.78, 5) is 35.0. The van der Waals surface area contributed by atoms with E-state index < -0.39 is 26.5 Å². The van der Waals surface area contributed by atoms with Crippen molar-refractivity contribution < 1.29 is 37.6 Å². The van der Waals surface area contributed by atoms with Crippen LogP contribution in [0.15, 0.2) is 48.6 Å². The summed E-state index contributed by atoms with van der Waals surface area (Å²) in [5.41, 5.74) is 5.36. The molecule has 0 aliphatic heterocycles. The Bertz CT molecular complexity index is 1140. The van der Waals surface area contributed by atoms with Crippen LogP contribution in [0.3, 0.4) is 0 Å². The number of hydrogen-bond acceptors (Lipinski definition) is 8. The molecular weight excluding hydrogens is 786 g/mol. The number of nitrogens with two attached hydrogens (primary N) is 1. The number of ether oxygens (including phenoxy) is 2. The molecule has 0 aromatic heterocycles. The van der Waals surface area contributed by atoms with Crippen LogP contribution in [0.1, 0.15) is 232 Å². The third-order valence-corrected chi connectivity index (χ3v) is 11.7. The largest absolute Gasteiger partial charge is 0.472 e. The van der Waals surface area contributed by atoms with Crippen LogP contribution in [0.25, 0.3) is 0 Å². The molecule has 10 heteroatoms. The maximum absolute atomic E-state index is 12.6. The lowest BCUT2D eigenvalue weighted by molar-refractivity contribution is -0.161. The average Bonchev–Trinajstić information content (AvgIpc) is 3.25. The van der Waals surface area contributed by atoms with E-state index in [0.717, 1.165) is 64.2 Å². The summed E-state index contributed by atoms with van der Waals surface area (Å²) in [5.74, 6) is -0.836. The van der Waals surface area contributed by atoms with E-state index >= 15 is 0 Å². The lowest BCUT2D eigenvalue weighted by Crippen LogP contribution is -2.29. The van der Waals surface area contributed by atoms with Gasteiger partial charge in [0.25, 0.3) is 0 Å². The maximum atomic E-state index is 12.6. The number of rotatable bonds is 47. The highest BCUT2D eigenvalue weighted by molar-refractivity contribution is 7.47. The molecule has 0 bridgehead atoms. The second kappa shape index (κ2) is 47.4. The molecule has 0 saturated heterocycles. The maximum Gasteiger partial charge on any atom is 0.472 e. The van der Waals surface area contributed by atoms with Crippen molar-refractivity contribution in [3.8, 4) is 0 Å². The van der Waals surface area contributed by atoms with Crippen LogP contribution < -0.4 is 5.73 Å². The fourth-order valence-corrected chi connectivity index (χ4v) is 7.76. The standard InChI is InChI=1S/C51H94NO8P/c1-3-5-7-9-11-13-15-17-19-21-22-23-24-25-26-28-29-31-33-35-37-39-41-43-50(53)57-47-49(48-59-61(55,56)58-46-45-52)60-51(54)44-42-40-38-36-34-32-30-27-20-18-16-14-12-10-8-6-4-2/h6,8,12,14,18,20-22,49H,3-5,7,9-11,13,15-17,19,23-48,52H2,1-2H3,(H,55,56)/b8-6-,14-12-,20-18-,22-21-. The molecule has 0 amide bonds. The molecule has 2 atom stereocenters. The zero-order chi connectivity index (χ0) is 44.6. The Morgan fingerprint density at radius 3 is 1.36 bits per heavy atom. The predicted molar refractivity (Wildman–Crippen MR) is 257 cm³/mol. The zero-order valence-electron chi connectivity index (χ0n) is 39.4. The molecule has 0 saturated carbocycles. The first kappa shape index (κ1) is 59.0. The molecule has 0 fully saturated rings. The molecular formula is C51H94NO8P. The number of carbonyl (C=O) groups is 2. The van der Waals surface area contributed by atoms with Crippen molar-refractivity contribution in [3.63, 3.8) is 0 Å². The quantitative estimate of drug-likeness (QED) is 0.0265. The van der Waals surface area contributed by atoms with E-state index in [9.17, 15) is 19.0 Å². The molecule has 356 valence electrons. The second-order valence-corrected chi connectivity index (χ2v) is 18.1. The van der Waals surface area contributed by atoms with Crippen molar-refractivity contribution in [3.05, 3.63) is 48.6 Å². The molecule has 0 aromatic rings. The Morgan fingerprint density at radius 2 is 0.902 bits per heavy atom. The molecule has 2 unspecified atom stereocenters. The third kappa shape index (κ3) is 47.3. The minimum absolute atomic E-state index is 0.0506. The van der Waals surface area contributed by atoms with Crippen molar-refractivity contribution >= 4 is 19.8 Å². The Balaban J connectivity index is 4.03. The molecule has 0 aliphatic carbocycles. The second-order valence-electron chi connectivity index (χ2n) is 16.7. The SMILES string of the molecule is CC/C=C\C/C=C\C/C=C\CCCCCCCCCC(=O)OC(COC(=O)CCCCCCCCCCCCC/C=C\CCCCCCCCCC)COP(=O)(O)OCCN. The van der Waals surface area contributed by atoms with Crippen molar-refractivity contribution in [2.75, 3.05) is 26.4 Å². The Hall–Kier alpha value is -2.03. The first-order chi connectivity index (χ1) is 29.8. The van der Waals surface area contributed by atoms with Crippen LogP contribution in [0, 0.1) is 0 Å². The highest BCUT2D eigenvalue weighted by Crippen LogP contribution is 2.43. The van der Waals surface area contributed by atoms with E-state index in [1.807, 2.05) is 0 Å². The number of esters is 2. The smallest absolute Gasteiger partial charge is 0.462 e. The van der Waals surface area contributed by atoms with Gasteiger partial charge < -0.3 is 20.1 Å². The Morgan fingerprint density at radius 1 is 0.508 bits per heavy atom. The highest BCUT2D eigenvalue weighted by atomic mass is 31.2. The van der Waals surface area contributed by atoms with Gasteiger partial charge in [0.2, 0.25) is 0 Å². The lowest BCUT2D eigenvalue weighted by Gasteiger charge is -2.19. The minimum Gasteiger partial charge on any atom is -0.462 e. The van der Waals surface area contributed by atoms with Crippen molar-refractivity contribution in [1.29, 1.82) is 0 Å². The highest BCUT2D eigenvalue weighted by Gasteiger charge is 2.26. The molecule has 0 radical (unpaired) electrons. The summed E-state index contributed by atoms with van der Waals surface area (Å²) in [5, 5.41) is 0. The van der Waals surface area contributed by atoms with Crippen LogP contribution in [0.2, 0.25) is 0 Å². The molecule has 0 spiro atoms. The molecule has 61 heavy (non-hydrogen) atoms. The van der Waals surface area contributed by atoms with Crippen molar-refractivity contribution in [2.24, 2.45) is 5.73 Å². The molecule has 0 aliphatic rings. The predicted octanol–water partition coefficient (Wildman–Crippen LogP) is 15.1. The number of unbranched alkanes of at least 4 members (excludes halogenated alkanes) is 26. The molecule has 0 rings (SSSR count).